The summed E-state index contributed by atoms with van der Waals surface area (Å²) in [7, 11) is 0. The van der Waals surface area contributed by atoms with Crippen molar-refractivity contribution in [1.82, 2.24) is 0 Å². The molecule has 0 spiro atoms. The van der Waals surface area contributed by atoms with Crippen molar-refractivity contribution >= 4 is 0 Å². The fourth-order valence-corrected chi connectivity index (χ4v) is 2.08. The Kier molecular flexibility index (Phi) is 2.66. The first-order chi connectivity index (χ1) is 7.39. The van der Waals surface area contributed by atoms with E-state index in [4.69, 9.17) is 5.73 Å². The largest absolute Gasteiger partial charge is 0.419 e. The first-order valence-corrected chi connectivity index (χ1v) is 5.04. The standard InChI is InChI=1S/C11H11F4N/c12-9-4-6-2-1-3-10(16)7(6)5-8(9)11(13,14)15/h4-5,10H,1-3,16H2. The average Bonchev–Trinajstić information content (AvgIpc) is 2.15. The van der Waals surface area contributed by atoms with E-state index in [0.29, 0.717) is 24.0 Å². The van der Waals surface area contributed by atoms with Gasteiger partial charge in [-0.15, -0.1) is 0 Å². The second-order valence-corrected chi connectivity index (χ2v) is 4.03. The Morgan fingerprint density at radius 1 is 1.25 bits per heavy atom. The highest BCUT2D eigenvalue weighted by Gasteiger charge is 2.35. The zero-order valence-corrected chi connectivity index (χ0v) is 8.44. The lowest BCUT2D eigenvalue weighted by Gasteiger charge is -2.23. The van der Waals surface area contributed by atoms with Crippen LogP contribution in [0.5, 0.6) is 0 Å². The molecule has 0 bridgehead atoms. The summed E-state index contributed by atoms with van der Waals surface area (Å²) in [5, 5.41) is 0. The van der Waals surface area contributed by atoms with Crippen LogP contribution < -0.4 is 5.73 Å². The molecule has 1 unspecified atom stereocenters. The third kappa shape index (κ3) is 1.91. The number of fused-ring (bicyclic) bond motifs is 1. The Bertz CT molecular complexity index is 411. The molecule has 0 fully saturated rings. The number of nitrogens with two attached hydrogens (primary N) is 1. The van der Waals surface area contributed by atoms with Gasteiger partial charge in [0.15, 0.2) is 0 Å². The summed E-state index contributed by atoms with van der Waals surface area (Å²) in [4.78, 5) is 0. The Morgan fingerprint density at radius 2 is 1.94 bits per heavy atom. The van der Waals surface area contributed by atoms with E-state index in [9.17, 15) is 17.6 Å². The van der Waals surface area contributed by atoms with E-state index in [1.54, 1.807) is 0 Å². The molecule has 16 heavy (non-hydrogen) atoms. The smallest absolute Gasteiger partial charge is 0.324 e. The van der Waals surface area contributed by atoms with Gasteiger partial charge in [-0.1, -0.05) is 0 Å². The Morgan fingerprint density at radius 3 is 2.56 bits per heavy atom. The van der Waals surface area contributed by atoms with Gasteiger partial charge in [-0.25, -0.2) is 4.39 Å². The summed E-state index contributed by atoms with van der Waals surface area (Å²) in [5.41, 5.74) is 5.53. The summed E-state index contributed by atoms with van der Waals surface area (Å²) in [6, 6.07) is 1.41. The highest BCUT2D eigenvalue weighted by atomic mass is 19.4. The van der Waals surface area contributed by atoms with Crippen molar-refractivity contribution in [2.45, 2.75) is 31.5 Å². The van der Waals surface area contributed by atoms with Crippen LogP contribution in [0.4, 0.5) is 17.6 Å². The van der Waals surface area contributed by atoms with Gasteiger partial charge in [0.05, 0.1) is 5.56 Å². The molecule has 1 aromatic carbocycles. The minimum atomic E-state index is -4.66. The molecule has 0 saturated heterocycles. The molecule has 2 N–H and O–H groups in total. The maximum Gasteiger partial charge on any atom is 0.419 e. The Labute approximate surface area is 90.3 Å². The molecular weight excluding hydrogens is 222 g/mol. The van der Waals surface area contributed by atoms with Crippen LogP contribution in [-0.4, -0.2) is 0 Å². The number of halogens is 4. The summed E-state index contributed by atoms with van der Waals surface area (Å²) < 4.78 is 50.6. The van der Waals surface area contributed by atoms with Crippen molar-refractivity contribution in [3.63, 3.8) is 0 Å². The highest BCUT2D eigenvalue weighted by molar-refractivity contribution is 5.38. The third-order valence-corrected chi connectivity index (χ3v) is 2.90. The second kappa shape index (κ2) is 3.73. The number of alkyl halides is 3. The number of rotatable bonds is 0. The van der Waals surface area contributed by atoms with E-state index in [2.05, 4.69) is 0 Å². The molecule has 0 aliphatic heterocycles. The lowest BCUT2D eigenvalue weighted by Crippen LogP contribution is -2.20. The molecular formula is C11H11F4N. The first-order valence-electron chi connectivity index (χ1n) is 5.04. The van der Waals surface area contributed by atoms with Crippen LogP contribution in [0.25, 0.3) is 0 Å². The molecule has 0 heterocycles. The highest BCUT2D eigenvalue weighted by Crippen LogP contribution is 2.36. The second-order valence-electron chi connectivity index (χ2n) is 4.03. The van der Waals surface area contributed by atoms with Crippen molar-refractivity contribution in [3.05, 3.63) is 34.6 Å². The van der Waals surface area contributed by atoms with Crippen LogP contribution in [0, 0.1) is 5.82 Å². The molecule has 5 heteroatoms. The van der Waals surface area contributed by atoms with E-state index in [1.807, 2.05) is 0 Å². The van der Waals surface area contributed by atoms with Crippen molar-refractivity contribution in [1.29, 1.82) is 0 Å². The van der Waals surface area contributed by atoms with E-state index in [0.717, 1.165) is 18.6 Å². The zero-order valence-electron chi connectivity index (χ0n) is 8.44. The maximum absolute atomic E-state index is 13.2. The monoisotopic (exact) mass is 233 g/mol. The molecule has 88 valence electrons. The molecule has 0 amide bonds. The van der Waals surface area contributed by atoms with Gasteiger partial charge in [0.1, 0.15) is 5.82 Å². The quantitative estimate of drug-likeness (QED) is 0.684. The predicted molar refractivity (Wildman–Crippen MR) is 51.3 cm³/mol. The van der Waals surface area contributed by atoms with Crippen LogP contribution in [0.1, 0.15) is 35.6 Å². The molecule has 2 rings (SSSR count). The number of benzene rings is 1. The summed E-state index contributed by atoms with van der Waals surface area (Å²) in [6.45, 7) is 0. The van der Waals surface area contributed by atoms with Gasteiger partial charge in [0.2, 0.25) is 0 Å². The van der Waals surface area contributed by atoms with Crippen LogP contribution >= 0.6 is 0 Å². The van der Waals surface area contributed by atoms with Crippen LogP contribution in [0.3, 0.4) is 0 Å². The van der Waals surface area contributed by atoms with Gasteiger partial charge >= 0.3 is 6.18 Å². The van der Waals surface area contributed by atoms with Crippen LogP contribution in [0.15, 0.2) is 12.1 Å². The van der Waals surface area contributed by atoms with Crippen LogP contribution in [-0.2, 0) is 12.6 Å². The van der Waals surface area contributed by atoms with Gasteiger partial charge in [0.25, 0.3) is 0 Å². The lowest BCUT2D eigenvalue weighted by molar-refractivity contribution is -0.140. The lowest BCUT2D eigenvalue weighted by atomic mass is 9.87. The molecule has 0 aromatic heterocycles. The van der Waals surface area contributed by atoms with E-state index >= 15 is 0 Å². The molecule has 1 aliphatic carbocycles. The number of hydrogen-bond donors (Lipinski definition) is 1. The topological polar surface area (TPSA) is 26.0 Å². The predicted octanol–water partition coefficient (Wildman–Crippen LogP) is 3.18. The summed E-state index contributed by atoms with van der Waals surface area (Å²) >= 11 is 0. The minimum Gasteiger partial charge on any atom is -0.324 e. The summed E-state index contributed by atoms with van der Waals surface area (Å²) in [6.07, 6.45) is -2.62. The Hall–Kier alpha value is -1.10. The molecule has 1 nitrogen and oxygen atoms in total. The van der Waals surface area contributed by atoms with Crippen LogP contribution in [0.2, 0.25) is 0 Å². The van der Waals surface area contributed by atoms with Crippen molar-refractivity contribution in [2.24, 2.45) is 5.73 Å². The van der Waals surface area contributed by atoms with E-state index in [1.165, 1.54) is 0 Å². The van der Waals surface area contributed by atoms with Gasteiger partial charge in [-0.2, -0.15) is 13.2 Å². The van der Waals surface area contributed by atoms with Gasteiger partial charge in [-0.05, 0) is 42.5 Å². The third-order valence-electron chi connectivity index (χ3n) is 2.90. The average molecular weight is 233 g/mol. The molecule has 1 atom stereocenters. The fraction of sp³-hybridized carbons (Fsp3) is 0.455. The SMILES string of the molecule is NC1CCCc2cc(F)c(C(F)(F)F)cc21. The number of hydrogen-bond acceptors (Lipinski definition) is 1. The molecule has 0 saturated carbocycles. The normalized spacial score (nSPS) is 20.7. The minimum absolute atomic E-state index is 0.412. The molecule has 1 aromatic rings. The van der Waals surface area contributed by atoms with Crippen molar-refractivity contribution in [3.8, 4) is 0 Å². The molecule has 1 aliphatic rings. The number of aryl methyl sites for hydroxylation is 1. The first kappa shape index (κ1) is 11.4. The Balaban J connectivity index is 2.54. The molecule has 0 radical (unpaired) electrons. The van der Waals surface area contributed by atoms with Crippen molar-refractivity contribution < 1.29 is 17.6 Å². The summed E-state index contributed by atoms with van der Waals surface area (Å²) in [5.74, 6) is -1.21. The van der Waals surface area contributed by atoms with E-state index in [-0.39, 0.29) is 0 Å². The van der Waals surface area contributed by atoms with Crippen molar-refractivity contribution in [2.75, 3.05) is 0 Å². The van der Waals surface area contributed by atoms with E-state index < -0.39 is 23.6 Å². The van der Waals surface area contributed by atoms with Gasteiger partial charge in [0, 0.05) is 6.04 Å². The fourth-order valence-electron chi connectivity index (χ4n) is 2.08. The van der Waals surface area contributed by atoms with Gasteiger partial charge < -0.3 is 5.73 Å². The van der Waals surface area contributed by atoms with Gasteiger partial charge in [-0.3, -0.25) is 0 Å². The maximum atomic E-state index is 13.2. The zero-order chi connectivity index (χ0) is 11.9.